The van der Waals surface area contributed by atoms with Gasteiger partial charge in [0.05, 0.1) is 12.1 Å². The Morgan fingerprint density at radius 1 is 1.53 bits per heavy atom. The molecule has 1 aliphatic rings. The smallest absolute Gasteiger partial charge is 0.224 e. The van der Waals surface area contributed by atoms with Crippen LogP contribution in [0, 0.1) is 0 Å². The van der Waals surface area contributed by atoms with Crippen molar-refractivity contribution < 1.29 is 4.74 Å². The van der Waals surface area contributed by atoms with Crippen LogP contribution in [0.3, 0.4) is 0 Å². The molecule has 1 aromatic rings. The first-order chi connectivity index (χ1) is 8.22. The molecule has 94 valence electrons. The van der Waals surface area contributed by atoms with E-state index in [4.69, 9.17) is 4.74 Å². The fraction of sp³-hybridized carbons (Fsp3) is 0.667. The van der Waals surface area contributed by atoms with E-state index in [1.165, 1.54) is 0 Å². The van der Waals surface area contributed by atoms with Crippen LogP contribution in [0.15, 0.2) is 12.3 Å². The average Bonchev–Trinajstić information content (AvgIpc) is 2.73. The van der Waals surface area contributed by atoms with E-state index in [0.29, 0.717) is 5.95 Å². The summed E-state index contributed by atoms with van der Waals surface area (Å²) in [4.78, 5) is 8.61. The highest BCUT2D eigenvalue weighted by Crippen LogP contribution is 2.22. The van der Waals surface area contributed by atoms with Gasteiger partial charge in [0.15, 0.2) is 0 Å². The zero-order valence-corrected chi connectivity index (χ0v) is 10.5. The molecule has 0 radical (unpaired) electrons. The lowest BCUT2D eigenvalue weighted by Crippen LogP contribution is -2.35. The van der Waals surface area contributed by atoms with E-state index in [2.05, 4.69) is 34.4 Å². The van der Waals surface area contributed by atoms with Crippen molar-refractivity contribution in [3.8, 4) is 0 Å². The summed E-state index contributed by atoms with van der Waals surface area (Å²) in [5, 5.41) is 6.60. The number of nitrogens with zero attached hydrogens (tertiary/aromatic N) is 2. The monoisotopic (exact) mass is 236 g/mol. The van der Waals surface area contributed by atoms with Crippen molar-refractivity contribution in [2.45, 2.75) is 32.2 Å². The van der Waals surface area contributed by atoms with Crippen LogP contribution in [0.5, 0.6) is 0 Å². The third kappa shape index (κ3) is 3.30. The summed E-state index contributed by atoms with van der Waals surface area (Å²) in [6, 6.07) is 1.89. The lowest BCUT2D eigenvalue weighted by atomic mass is 10.0. The van der Waals surface area contributed by atoms with Crippen molar-refractivity contribution in [1.29, 1.82) is 0 Å². The summed E-state index contributed by atoms with van der Waals surface area (Å²) in [7, 11) is 0. The molecule has 1 saturated heterocycles. The zero-order valence-electron chi connectivity index (χ0n) is 10.5. The number of hydrogen-bond donors (Lipinski definition) is 2. The number of aromatic nitrogens is 2. The van der Waals surface area contributed by atoms with E-state index in [1.807, 2.05) is 6.07 Å². The number of anilines is 2. The van der Waals surface area contributed by atoms with Gasteiger partial charge in [-0.3, -0.25) is 0 Å². The van der Waals surface area contributed by atoms with Gasteiger partial charge < -0.3 is 15.4 Å². The SMILES string of the molecule is CCCNc1nccc(NC2(C)CCOC2)n1. The van der Waals surface area contributed by atoms with Crippen LogP contribution in [0.2, 0.25) is 0 Å². The van der Waals surface area contributed by atoms with Crippen LogP contribution in [-0.4, -0.2) is 35.3 Å². The Balaban J connectivity index is 2.00. The second-order valence-corrected chi connectivity index (χ2v) is 4.68. The lowest BCUT2D eigenvalue weighted by molar-refractivity contribution is 0.185. The fourth-order valence-corrected chi connectivity index (χ4v) is 1.83. The maximum atomic E-state index is 5.41. The number of hydrogen-bond acceptors (Lipinski definition) is 5. The Bertz CT molecular complexity index is 363. The van der Waals surface area contributed by atoms with Crippen molar-refractivity contribution in [3.05, 3.63) is 12.3 Å². The topological polar surface area (TPSA) is 59.1 Å². The first kappa shape index (κ1) is 12.1. The molecule has 1 aliphatic heterocycles. The molecule has 0 aliphatic carbocycles. The highest BCUT2D eigenvalue weighted by atomic mass is 16.5. The molecule has 5 heteroatoms. The predicted molar refractivity (Wildman–Crippen MR) is 68.3 cm³/mol. The molecule has 2 N–H and O–H groups in total. The van der Waals surface area contributed by atoms with Gasteiger partial charge in [0.25, 0.3) is 0 Å². The maximum Gasteiger partial charge on any atom is 0.224 e. The van der Waals surface area contributed by atoms with Crippen LogP contribution in [0.25, 0.3) is 0 Å². The molecule has 1 aromatic heterocycles. The Labute approximate surface area is 102 Å². The molecule has 1 atom stereocenters. The van der Waals surface area contributed by atoms with E-state index in [1.54, 1.807) is 6.20 Å². The number of rotatable bonds is 5. The molecule has 1 unspecified atom stereocenters. The van der Waals surface area contributed by atoms with Gasteiger partial charge in [0, 0.05) is 19.3 Å². The van der Waals surface area contributed by atoms with Crippen molar-refractivity contribution in [2.24, 2.45) is 0 Å². The Hall–Kier alpha value is -1.36. The third-order valence-corrected chi connectivity index (χ3v) is 2.84. The van der Waals surface area contributed by atoms with Crippen molar-refractivity contribution in [2.75, 3.05) is 30.4 Å². The average molecular weight is 236 g/mol. The normalized spacial score (nSPS) is 23.6. The second-order valence-electron chi connectivity index (χ2n) is 4.68. The maximum absolute atomic E-state index is 5.41. The summed E-state index contributed by atoms with van der Waals surface area (Å²) in [5.74, 6) is 1.53. The lowest BCUT2D eigenvalue weighted by Gasteiger charge is -2.24. The van der Waals surface area contributed by atoms with E-state index in [0.717, 1.165) is 38.4 Å². The second kappa shape index (κ2) is 5.31. The quantitative estimate of drug-likeness (QED) is 0.817. The zero-order chi connectivity index (χ0) is 12.1. The summed E-state index contributed by atoms with van der Waals surface area (Å²) in [6.07, 6.45) is 3.84. The Morgan fingerprint density at radius 3 is 3.12 bits per heavy atom. The van der Waals surface area contributed by atoms with Crippen LogP contribution >= 0.6 is 0 Å². The summed E-state index contributed by atoms with van der Waals surface area (Å²) >= 11 is 0. The minimum absolute atomic E-state index is 0.00359. The van der Waals surface area contributed by atoms with Crippen LogP contribution in [0.1, 0.15) is 26.7 Å². The minimum Gasteiger partial charge on any atom is -0.379 e. The third-order valence-electron chi connectivity index (χ3n) is 2.84. The number of ether oxygens (including phenoxy) is 1. The van der Waals surface area contributed by atoms with Gasteiger partial charge in [-0.15, -0.1) is 0 Å². The first-order valence-electron chi connectivity index (χ1n) is 6.15. The molecule has 2 rings (SSSR count). The fourth-order valence-electron chi connectivity index (χ4n) is 1.83. The highest BCUT2D eigenvalue weighted by Gasteiger charge is 2.29. The van der Waals surface area contributed by atoms with Gasteiger partial charge in [-0.2, -0.15) is 4.98 Å². The van der Waals surface area contributed by atoms with E-state index >= 15 is 0 Å². The largest absolute Gasteiger partial charge is 0.379 e. The molecule has 0 saturated carbocycles. The van der Waals surface area contributed by atoms with Crippen molar-refractivity contribution in [1.82, 2.24) is 9.97 Å². The standard InChI is InChI=1S/C12H20N4O/c1-3-6-13-11-14-7-4-10(15-11)16-12(2)5-8-17-9-12/h4,7H,3,5-6,8-9H2,1-2H3,(H2,13,14,15,16). The Morgan fingerprint density at radius 2 is 2.41 bits per heavy atom. The van der Waals surface area contributed by atoms with Crippen LogP contribution < -0.4 is 10.6 Å². The summed E-state index contributed by atoms with van der Waals surface area (Å²) in [5.41, 5.74) is -0.00359. The molecular formula is C12H20N4O. The molecule has 0 bridgehead atoms. The molecular weight excluding hydrogens is 216 g/mol. The van der Waals surface area contributed by atoms with Crippen molar-refractivity contribution in [3.63, 3.8) is 0 Å². The van der Waals surface area contributed by atoms with Crippen molar-refractivity contribution >= 4 is 11.8 Å². The molecule has 0 spiro atoms. The molecule has 0 aromatic carbocycles. The molecule has 1 fully saturated rings. The summed E-state index contributed by atoms with van der Waals surface area (Å²) in [6.45, 7) is 6.71. The number of nitrogens with one attached hydrogen (secondary N) is 2. The van der Waals surface area contributed by atoms with Crippen LogP contribution in [0.4, 0.5) is 11.8 Å². The first-order valence-corrected chi connectivity index (χ1v) is 6.15. The van der Waals surface area contributed by atoms with Gasteiger partial charge in [0.1, 0.15) is 5.82 Å². The van der Waals surface area contributed by atoms with Gasteiger partial charge in [0.2, 0.25) is 5.95 Å². The van der Waals surface area contributed by atoms with Gasteiger partial charge in [-0.1, -0.05) is 6.92 Å². The van der Waals surface area contributed by atoms with Gasteiger partial charge in [-0.05, 0) is 25.8 Å². The summed E-state index contributed by atoms with van der Waals surface area (Å²) < 4.78 is 5.41. The van der Waals surface area contributed by atoms with E-state index in [-0.39, 0.29) is 5.54 Å². The highest BCUT2D eigenvalue weighted by molar-refractivity contribution is 5.42. The molecule has 17 heavy (non-hydrogen) atoms. The Kier molecular flexibility index (Phi) is 3.78. The van der Waals surface area contributed by atoms with Gasteiger partial charge in [-0.25, -0.2) is 4.98 Å². The molecule has 5 nitrogen and oxygen atoms in total. The predicted octanol–water partition coefficient (Wildman–Crippen LogP) is 1.89. The van der Waals surface area contributed by atoms with E-state index in [9.17, 15) is 0 Å². The molecule has 2 heterocycles. The van der Waals surface area contributed by atoms with Crippen LogP contribution in [-0.2, 0) is 4.74 Å². The minimum atomic E-state index is -0.00359. The molecule has 0 amide bonds. The van der Waals surface area contributed by atoms with Gasteiger partial charge >= 0.3 is 0 Å². The van der Waals surface area contributed by atoms with E-state index < -0.39 is 0 Å².